The van der Waals surface area contributed by atoms with Crippen LogP contribution in [0, 0.1) is 20.8 Å². The van der Waals surface area contributed by atoms with Gasteiger partial charge in [-0.15, -0.1) is 0 Å². The van der Waals surface area contributed by atoms with Gasteiger partial charge in [0.05, 0.1) is 12.3 Å². The van der Waals surface area contributed by atoms with Crippen molar-refractivity contribution in [3.8, 4) is 0 Å². The molecule has 1 N–H and O–H groups in total. The fraction of sp³-hybridized carbons (Fsp3) is 0.429. The van der Waals surface area contributed by atoms with Crippen molar-refractivity contribution >= 4 is 17.5 Å². The molecular formula is C21H27N3O3. The van der Waals surface area contributed by atoms with Crippen molar-refractivity contribution in [3.05, 3.63) is 53.0 Å². The third-order valence-corrected chi connectivity index (χ3v) is 5.19. The Morgan fingerprint density at radius 2 is 1.70 bits per heavy atom. The van der Waals surface area contributed by atoms with E-state index in [2.05, 4.69) is 29.3 Å². The number of carbonyl (C=O) groups excluding carboxylic acids is 2. The standard InChI is InChI=1S/C21H27N3O3/c1-14-12-15(2)19(16(3)13-14)22-20(25)17(4)23-7-9-24(10-8-23)21(26)18-6-5-11-27-18/h5-6,11-13,17H,7-10H2,1-4H3,(H,22,25)/t17-/m1/s1. The minimum Gasteiger partial charge on any atom is -0.459 e. The minimum absolute atomic E-state index is 0.0177. The average molecular weight is 369 g/mol. The first-order valence-electron chi connectivity index (χ1n) is 9.32. The number of carbonyl (C=O) groups is 2. The van der Waals surface area contributed by atoms with Crippen LogP contribution in [-0.2, 0) is 4.79 Å². The smallest absolute Gasteiger partial charge is 0.289 e. The number of rotatable bonds is 4. The Kier molecular flexibility index (Phi) is 5.65. The molecule has 2 heterocycles. The summed E-state index contributed by atoms with van der Waals surface area (Å²) < 4.78 is 5.19. The van der Waals surface area contributed by atoms with Crippen molar-refractivity contribution in [3.63, 3.8) is 0 Å². The van der Waals surface area contributed by atoms with Crippen LogP contribution >= 0.6 is 0 Å². The molecule has 144 valence electrons. The average Bonchev–Trinajstić information content (AvgIpc) is 3.18. The lowest BCUT2D eigenvalue weighted by molar-refractivity contribution is -0.121. The Balaban J connectivity index is 1.58. The monoisotopic (exact) mass is 369 g/mol. The van der Waals surface area contributed by atoms with Gasteiger partial charge in [-0.3, -0.25) is 14.5 Å². The Hall–Kier alpha value is -2.60. The summed E-state index contributed by atoms with van der Waals surface area (Å²) in [5.74, 6) is 0.248. The Labute approximate surface area is 160 Å². The normalized spacial score (nSPS) is 16.2. The molecule has 6 nitrogen and oxygen atoms in total. The van der Waals surface area contributed by atoms with Gasteiger partial charge >= 0.3 is 0 Å². The zero-order chi connectivity index (χ0) is 19.6. The molecule has 0 radical (unpaired) electrons. The summed E-state index contributed by atoms with van der Waals surface area (Å²) in [6, 6.07) is 7.28. The summed E-state index contributed by atoms with van der Waals surface area (Å²) in [5.41, 5.74) is 4.22. The first-order valence-corrected chi connectivity index (χ1v) is 9.32. The molecule has 2 aromatic rings. The van der Waals surface area contributed by atoms with Crippen LogP contribution in [0.5, 0.6) is 0 Å². The molecule has 1 fully saturated rings. The van der Waals surface area contributed by atoms with Crippen LogP contribution in [0.4, 0.5) is 5.69 Å². The fourth-order valence-corrected chi connectivity index (χ4v) is 3.64. The van der Waals surface area contributed by atoms with Crippen molar-refractivity contribution in [1.29, 1.82) is 0 Å². The van der Waals surface area contributed by atoms with Gasteiger partial charge in [0.15, 0.2) is 5.76 Å². The number of aryl methyl sites for hydroxylation is 3. The summed E-state index contributed by atoms with van der Waals surface area (Å²) in [5, 5.41) is 3.08. The van der Waals surface area contributed by atoms with Crippen molar-refractivity contribution in [2.24, 2.45) is 0 Å². The summed E-state index contributed by atoms with van der Waals surface area (Å²) in [6.07, 6.45) is 1.50. The molecule has 0 saturated carbocycles. The van der Waals surface area contributed by atoms with Gasteiger partial charge in [-0.1, -0.05) is 17.7 Å². The van der Waals surface area contributed by atoms with Gasteiger partial charge in [0.25, 0.3) is 5.91 Å². The van der Waals surface area contributed by atoms with E-state index < -0.39 is 0 Å². The van der Waals surface area contributed by atoms with Crippen molar-refractivity contribution in [2.45, 2.75) is 33.7 Å². The molecule has 1 aromatic carbocycles. The lowest BCUT2D eigenvalue weighted by atomic mass is 10.0. The number of hydrogen-bond donors (Lipinski definition) is 1. The molecule has 0 unspecified atom stereocenters. The van der Waals surface area contributed by atoms with E-state index in [4.69, 9.17) is 4.42 Å². The van der Waals surface area contributed by atoms with Crippen molar-refractivity contribution < 1.29 is 14.0 Å². The molecular weight excluding hydrogens is 342 g/mol. The van der Waals surface area contributed by atoms with Gasteiger partial charge in [0.1, 0.15) is 0 Å². The van der Waals surface area contributed by atoms with Gasteiger partial charge in [-0.2, -0.15) is 0 Å². The Morgan fingerprint density at radius 3 is 2.26 bits per heavy atom. The number of nitrogens with zero attached hydrogens (tertiary/aromatic N) is 2. The molecule has 0 aliphatic carbocycles. The molecule has 6 heteroatoms. The van der Waals surface area contributed by atoms with Gasteiger partial charge in [0.2, 0.25) is 5.91 Å². The molecule has 1 aliphatic rings. The summed E-state index contributed by atoms with van der Waals surface area (Å²) in [6.45, 7) is 10.5. The van der Waals surface area contributed by atoms with Crippen LogP contribution in [0.1, 0.15) is 34.2 Å². The molecule has 0 bridgehead atoms. The summed E-state index contributed by atoms with van der Waals surface area (Å²) in [7, 11) is 0. The second kappa shape index (κ2) is 7.96. The lowest BCUT2D eigenvalue weighted by Gasteiger charge is -2.37. The number of nitrogens with one attached hydrogen (secondary N) is 1. The maximum absolute atomic E-state index is 12.8. The zero-order valence-corrected chi connectivity index (χ0v) is 16.4. The van der Waals surface area contributed by atoms with Crippen molar-refractivity contribution in [1.82, 2.24) is 9.80 Å². The molecule has 1 aromatic heterocycles. The van der Waals surface area contributed by atoms with Gasteiger partial charge < -0.3 is 14.6 Å². The van der Waals surface area contributed by atoms with E-state index >= 15 is 0 Å². The maximum atomic E-state index is 12.8. The van der Waals surface area contributed by atoms with E-state index in [-0.39, 0.29) is 17.9 Å². The van der Waals surface area contributed by atoms with E-state index in [1.165, 1.54) is 11.8 Å². The molecule has 1 atom stereocenters. The third kappa shape index (κ3) is 4.22. The van der Waals surface area contributed by atoms with Gasteiger partial charge in [-0.25, -0.2) is 0 Å². The SMILES string of the molecule is Cc1cc(C)c(NC(=O)[C@@H](C)N2CCN(C(=O)c3ccco3)CC2)c(C)c1. The molecule has 27 heavy (non-hydrogen) atoms. The molecule has 1 aliphatic heterocycles. The number of hydrogen-bond acceptors (Lipinski definition) is 4. The molecule has 0 spiro atoms. The molecule has 3 rings (SSSR count). The predicted octanol–water partition coefficient (Wildman–Crippen LogP) is 2.99. The highest BCUT2D eigenvalue weighted by molar-refractivity contribution is 5.96. The van der Waals surface area contributed by atoms with Crippen LogP contribution in [0.15, 0.2) is 34.9 Å². The van der Waals surface area contributed by atoms with Crippen LogP contribution in [0.25, 0.3) is 0 Å². The first kappa shape index (κ1) is 19.2. The predicted molar refractivity (Wildman–Crippen MR) is 105 cm³/mol. The Bertz CT molecular complexity index is 798. The van der Waals surface area contributed by atoms with E-state index in [9.17, 15) is 9.59 Å². The minimum atomic E-state index is -0.258. The van der Waals surface area contributed by atoms with Crippen LogP contribution in [-0.4, -0.2) is 53.8 Å². The number of piperazine rings is 1. The maximum Gasteiger partial charge on any atom is 0.289 e. The third-order valence-electron chi connectivity index (χ3n) is 5.19. The van der Waals surface area contributed by atoms with Gasteiger partial charge in [0, 0.05) is 31.9 Å². The van der Waals surface area contributed by atoms with Crippen molar-refractivity contribution in [2.75, 3.05) is 31.5 Å². The van der Waals surface area contributed by atoms with Crippen LogP contribution in [0.2, 0.25) is 0 Å². The molecule has 1 saturated heterocycles. The van der Waals surface area contributed by atoms with E-state index in [1.54, 1.807) is 17.0 Å². The lowest BCUT2D eigenvalue weighted by Crippen LogP contribution is -2.54. The second-order valence-electron chi connectivity index (χ2n) is 7.24. The second-order valence-corrected chi connectivity index (χ2v) is 7.24. The summed E-state index contributed by atoms with van der Waals surface area (Å²) in [4.78, 5) is 29.0. The number of amides is 2. The highest BCUT2D eigenvalue weighted by Crippen LogP contribution is 2.22. The fourth-order valence-electron chi connectivity index (χ4n) is 3.64. The number of furan rings is 1. The van der Waals surface area contributed by atoms with E-state index in [0.29, 0.717) is 31.9 Å². The highest BCUT2D eigenvalue weighted by Gasteiger charge is 2.29. The number of benzene rings is 1. The Morgan fingerprint density at radius 1 is 1.07 bits per heavy atom. The topological polar surface area (TPSA) is 65.8 Å². The molecule has 2 amide bonds. The van der Waals surface area contributed by atoms with Crippen LogP contribution in [0.3, 0.4) is 0 Å². The van der Waals surface area contributed by atoms with Crippen LogP contribution < -0.4 is 5.32 Å². The van der Waals surface area contributed by atoms with E-state index in [1.807, 2.05) is 20.8 Å². The quantitative estimate of drug-likeness (QED) is 0.900. The first-order chi connectivity index (χ1) is 12.9. The number of anilines is 1. The largest absolute Gasteiger partial charge is 0.459 e. The van der Waals surface area contributed by atoms with E-state index in [0.717, 1.165) is 16.8 Å². The summed E-state index contributed by atoms with van der Waals surface area (Å²) >= 11 is 0. The van der Waals surface area contributed by atoms with Gasteiger partial charge in [-0.05, 0) is 51.0 Å². The zero-order valence-electron chi connectivity index (χ0n) is 16.4. The highest BCUT2D eigenvalue weighted by atomic mass is 16.3.